The van der Waals surface area contributed by atoms with Crippen molar-refractivity contribution in [2.24, 2.45) is 10.9 Å². The number of hydrogen-bond acceptors (Lipinski definition) is 5. The minimum Gasteiger partial charge on any atom is -0.291 e. The molecule has 0 spiro atoms. The van der Waals surface area contributed by atoms with Crippen LogP contribution < -0.4 is 0 Å². The molecule has 2 fully saturated rings. The number of sulfone groups is 1. The summed E-state index contributed by atoms with van der Waals surface area (Å²) in [6.07, 6.45) is 1.29. The lowest BCUT2D eigenvalue weighted by molar-refractivity contribution is -0.130. The summed E-state index contributed by atoms with van der Waals surface area (Å²) in [7, 11) is -3.08. The molecule has 3 rings (SSSR count). The zero-order valence-electron chi connectivity index (χ0n) is 13.4. The molecule has 0 saturated carbocycles. The van der Waals surface area contributed by atoms with E-state index in [4.69, 9.17) is 11.6 Å². The minimum absolute atomic E-state index is 0.0450. The van der Waals surface area contributed by atoms with Crippen LogP contribution in [0.4, 0.5) is 5.69 Å². The first-order chi connectivity index (χ1) is 11.4. The molecule has 1 aromatic carbocycles. The van der Waals surface area contributed by atoms with E-state index in [0.717, 1.165) is 17.7 Å². The zero-order valence-corrected chi connectivity index (χ0v) is 15.8. The quantitative estimate of drug-likeness (QED) is 0.783. The van der Waals surface area contributed by atoms with Gasteiger partial charge in [0, 0.05) is 17.3 Å². The molecule has 0 bridgehead atoms. The Morgan fingerprint density at radius 3 is 2.88 bits per heavy atom. The molecule has 2 heterocycles. The first-order valence-electron chi connectivity index (χ1n) is 7.85. The molecule has 1 atom stereocenters. The molecule has 1 unspecified atom stereocenters. The SMILES string of the molecule is Cc1ccc(N=C2SCCCN2C(=O)C2CCS(=O)(=O)C2)cc1Cl. The number of carbonyl (C=O) groups is 1. The van der Waals surface area contributed by atoms with E-state index in [9.17, 15) is 13.2 Å². The largest absolute Gasteiger partial charge is 0.291 e. The van der Waals surface area contributed by atoms with E-state index >= 15 is 0 Å². The maximum Gasteiger partial charge on any atom is 0.232 e. The van der Waals surface area contributed by atoms with Crippen LogP contribution in [-0.4, -0.2) is 48.2 Å². The highest BCUT2D eigenvalue weighted by atomic mass is 35.5. The number of halogens is 1. The molecule has 5 nitrogen and oxygen atoms in total. The van der Waals surface area contributed by atoms with Gasteiger partial charge in [-0.2, -0.15) is 0 Å². The van der Waals surface area contributed by atoms with Crippen molar-refractivity contribution in [2.45, 2.75) is 19.8 Å². The summed E-state index contributed by atoms with van der Waals surface area (Å²) in [5.74, 6) is 0.382. The van der Waals surface area contributed by atoms with Crippen LogP contribution in [-0.2, 0) is 14.6 Å². The van der Waals surface area contributed by atoms with Gasteiger partial charge >= 0.3 is 0 Å². The predicted octanol–water partition coefficient (Wildman–Crippen LogP) is 3.04. The molecule has 0 N–H and O–H groups in total. The first-order valence-corrected chi connectivity index (χ1v) is 11.0. The molecule has 8 heteroatoms. The maximum absolute atomic E-state index is 12.8. The molecular weight excluding hydrogens is 368 g/mol. The van der Waals surface area contributed by atoms with Crippen molar-refractivity contribution < 1.29 is 13.2 Å². The van der Waals surface area contributed by atoms with Crippen molar-refractivity contribution in [1.82, 2.24) is 4.90 Å². The third-order valence-electron chi connectivity index (χ3n) is 4.22. The zero-order chi connectivity index (χ0) is 17.3. The summed E-state index contributed by atoms with van der Waals surface area (Å²) >= 11 is 7.67. The monoisotopic (exact) mass is 386 g/mol. The van der Waals surface area contributed by atoms with Gasteiger partial charge in [0.05, 0.1) is 23.1 Å². The van der Waals surface area contributed by atoms with Crippen molar-refractivity contribution in [3.8, 4) is 0 Å². The van der Waals surface area contributed by atoms with Gasteiger partial charge in [0.25, 0.3) is 0 Å². The highest BCUT2D eigenvalue weighted by Gasteiger charge is 2.37. The first kappa shape index (κ1) is 17.8. The molecule has 24 heavy (non-hydrogen) atoms. The molecule has 1 aromatic rings. The maximum atomic E-state index is 12.8. The Kier molecular flexibility index (Phi) is 5.22. The third kappa shape index (κ3) is 3.95. The van der Waals surface area contributed by atoms with Gasteiger partial charge in [0.2, 0.25) is 5.91 Å². The molecule has 2 aliphatic rings. The lowest BCUT2D eigenvalue weighted by Crippen LogP contribution is -2.43. The van der Waals surface area contributed by atoms with Crippen LogP contribution in [0.3, 0.4) is 0 Å². The van der Waals surface area contributed by atoms with E-state index in [1.807, 2.05) is 19.1 Å². The second kappa shape index (κ2) is 7.06. The third-order valence-corrected chi connectivity index (χ3v) is 7.45. The van der Waals surface area contributed by atoms with Gasteiger partial charge in [-0.3, -0.25) is 9.69 Å². The van der Waals surface area contributed by atoms with Crippen molar-refractivity contribution in [2.75, 3.05) is 23.8 Å². The van der Waals surface area contributed by atoms with Crippen LogP contribution in [0.2, 0.25) is 5.02 Å². The van der Waals surface area contributed by atoms with Crippen molar-refractivity contribution in [3.63, 3.8) is 0 Å². The fourth-order valence-electron chi connectivity index (χ4n) is 2.83. The number of amidine groups is 1. The normalized spacial score (nSPS) is 25.2. The Bertz CT molecular complexity index is 793. The Balaban J connectivity index is 1.84. The van der Waals surface area contributed by atoms with Crippen LogP contribution in [0.25, 0.3) is 0 Å². The van der Waals surface area contributed by atoms with E-state index in [-0.39, 0.29) is 17.4 Å². The van der Waals surface area contributed by atoms with E-state index in [1.165, 1.54) is 11.8 Å². The smallest absolute Gasteiger partial charge is 0.232 e. The Morgan fingerprint density at radius 2 is 2.21 bits per heavy atom. The average Bonchev–Trinajstić information content (AvgIpc) is 2.91. The van der Waals surface area contributed by atoms with Gasteiger partial charge in [0.15, 0.2) is 15.0 Å². The van der Waals surface area contributed by atoms with Crippen molar-refractivity contribution in [1.29, 1.82) is 0 Å². The molecule has 0 radical (unpaired) electrons. The Labute approximate surface area is 151 Å². The number of benzene rings is 1. The Hall–Kier alpha value is -1.05. The average molecular weight is 387 g/mol. The topological polar surface area (TPSA) is 66.8 Å². The van der Waals surface area contributed by atoms with Crippen LogP contribution in [0.5, 0.6) is 0 Å². The van der Waals surface area contributed by atoms with Gasteiger partial charge in [-0.25, -0.2) is 13.4 Å². The van der Waals surface area contributed by atoms with Crippen molar-refractivity contribution >= 4 is 50.0 Å². The van der Waals surface area contributed by atoms with Gasteiger partial charge in [-0.1, -0.05) is 29.4 Å². The van der Waals surface area contributed by atoms with E-state index in [0.29, 0.717) is 28.8 Å². The van der Waals surface area contributed by atoms with Gasteiger partial charge in [0.1, 0.15) is 0 Å². The molecule has 2 saturated heterocycles. The number of aliphatic imine (C=N–C) groups is 1. The second-order valence-corrected chi connectivity index (χ2v) is 9.82. The van der Waals surface area contributed by atoms with E-state index in [1.54, 1.807) is 11.0 Å². The van der Waals surface area contributed by atoms with E-state index < -0.39 is 15.8 Å². The lowest BCUT2D eigenvalue weighted by atomic mass is 10.1. The fourth-order valence-corrected chi connectivity index (χ4v) is 5.70. The summed E-state index contributed by atoms with van der Waals surface area (Å²) in [5.41, 5.74) is 1.67. The number of carbonyl (C=O) groups excluding carboxylic acids is 1. The highest BCUT2D eigenvalue weighted by molar-refractivity contribution is 8.13. The minimum atomic E-state index is -3.08. The second-order valence-electron chi connectivity index (χ2n) is 6.12. The van der Waals surface area contributed by atoms with Crippen LogP contribution in [0.15, 0.2) is 23.2 Å². The standard InChI is InChI=1S/C16H19ClN2O3S2/c1-11-3-4-13(9-14(11)17)18-16-19(6-2-7-23-16)15(20)12-5-8-24(21,22)10-12/h3-4,9,12H,2,5-8,10H2,1H3. The van der Waals surface area contributed by atoms with Crippen LogP contribution in [0.1, 0.15) is 18.4 Å². The highest BCUT2D eigenvalue weighted by Crippen LogP contribution is 2.29. The summed E-state index contributed by atoms with van der Waals surface area (Å²) < 4.78 is 23.3. The fraction of sp³-hybridized carbons (Fsp3) is 0.500. The molecule has 0 aromatic heterocycles. The number of amides is 1. The van der Waals surface area contributed by atoms with Crippen LogP contribution >= 0.6 is 23.4 Å². The lowest BCUT2D eigenvalue weighted by Gasteiger charge is -2.29. The number of thioether (sulfide) groups is 1. The van der Waals surface area contributed by atoms with Gasteiger partial charge in [-0.15, -0.1) is 0 Å². The van der Waals surface area contributed by atoms with Gasteiger partial charge < -0.3 is 0 Å². The summed E-state index contributed by atoms with van der Waals surface area (Å²) in [4.78, 5) is 19.0. The summed E-state index contributed by atoms with van der Waals surface area (Å²) in [5, 5.41) is 1.27. The number of rotatable bonds is 2. The van der Waals surface area contributed by atoms with E-state index in [2.05, 4.69) is 4.99 Å². The number of nitrogens with zero attached hydrogens (tertiary/aromatic N) is 2. The number of hydrogen-bond donors (Lipinski definition) is 0. The number of aryl methyl sites for hydroxylation is 1. The summed E-state index contributed by atoms with van der Waals surface area (Å²) in [6, 6.07) is 5.54. The summed E-state index contributed by atoms with van der Waals surface area (Å²) in [6.45, 7) is 2.51. The van der Waals surface area contributed by atoms with Gasteiger partial charge in [-0.05, 0) is 37.5 Å². The molecule has 130 valence electrons. The van der Waals surface area contributed by atoms with Crippen LogP contribution in [0, 0.1) is 12.8 Å². The Morgan fingerprint density at radius 1 is 1.42 bits per heavy atom. The molecular formula is C16H19ClN2O3S2. The molecule has 0 aliphatic carbocycles. The molecule has 1 amide bonds. The van der Waals surface area contributed by atoms with Crippen molar-refractivity contribution in [3.05, 3.63) is 28.8 Å². The predicted molar refractivity (Wildman–Crippen MR) is 98.8 cm³/mol. The molecule has 2 aliphatic heterocycles.